The van der Waals surface area contributed by atoms with E-state index in [1.807, 2.05) is 24.3 Å². The monoisotopic (exact) mass is 357 g/mol. The van der Waals surface area contributed by atoms with Gasteiger partial charge in [0.05, 0.1) is 23.6 Å². The number of carbonyl (C=O) groups excluding carboxylic acids is 1. The maximum absolute atomic E-state index is 12.4. The van der Waals surface area contributed by atoms with Crippen molar-refractivity contribution in [1.29, 1.82) is 10.5 Å². The summed E-state index contributed by atoms with van der Waals surface area (Å²) in [7, 11) is 0. The Morgan fingerprint density at radius 1 is 1.19 bits per heavy atom. The van der Waals surface area contributed by atoms with Crippen molar-refractivity contribution in [3.63, 3.8) is 0 Å². The van der Waals surface area contributed by atoms with E-state index >= 15 is 0 Å². The Morgan fingerprint density at radius 2 is 1.93 bits per heavy atom. The molecular weight excluding hydrogens is 338 g/mol. The van der Waals surface area contributed by atoms with Gasteiger partial charge in [0.25, 0.3) is 0 Å². The van der Waals surface area contributed by atoms with Crippen LogP contribution in [-0.2, 0) is 10.2 Å². The minimum Gasteiger partial charge on any atom is -0.443 e. The molecule has 2 aliphatic rings. The van der Waals surface area contributed by atoms with Gasteiger partial charge >= 0.3 is 0 Å². The summed E-state index contributed by atoms with van der Waals surface area (Å²) >= 11 is 0. The summed E-state index contributed by atoms with van der Waals surface area (Å²) in [6, 6.07) is 12.1. The second kappa shape index (κ2) is 5.93. The van der Waals surface area contributed by atoms with E-state index in [4.69, 9.17) is 4.74 Å². The van der Waals surface area contributed by atoms with Gasteiger partial charge in [-0.1, -0.05) is 26.8 Å². The first-order valence-electron chi connectivity index (χ1n) is 9.02. The Labute approximate surface area is 157 Å². The molecule has 1 aliphatic heterocycles. The van der Waals surface area contributed by atoms with Gasteiger partial charge in [0, 0.05) is 29.4 Å². The Bertz CT molecular complexity index is 1080. The van der Waals surface area contributed by atoms with Gasteiger partial charge < -0.3 is 4.74 Å². The van der Waals surface area contributed by atoms with Crippen LogP contribution in [0.1, 0.15) is 50.7 Å². The lowest BCUT2D eigenvalue weighted by atomic mass is 9.79. The molecule has 0 saturated carbocycles. The molecule has 27 heavy (non-hydrogen) atoms. The fraction of sp³-hybridized carbons (Fsp3) is 0.364. The number of Topliss-reactive ketones (excluding diaryl/α,β-unsaturated/α-hetero) is 1. The van der Waals surface area contributed by atoms with E-state index in [-0.39, 0.29) is 11.2 Å². The SMILES string of the molecule is CC(C)(C)c1ccc2nc3c(cc2c1)C(C(C#N)C#N)C1=C(CCC1=O)O3. The third-order valence-electron chi connectivity index (χ3n) is 5.33. The van der Waals surface area contributed by atoms with Crippen LogP contribution in [0.4, 0.5) is 0 Å². The van der Waals surface area contributed by atoms with E-state index < -0.39 is 11.8 Å². The number of nitrogens with zero attached hydrogens (tertiary/aromatic N) is 3. The van der Waals surface area contributed by atoms with Crippen molar-refractivity contribution in [3.05, 3.63) is 46.7 Å². The minimum absolute atomic E-state index is 0.0149. The first-order valence-corrected chi connectivity index (χ1v) is 9.02. The molecule has 0 spiro atoms. The number of rotatable bonds is 1. The highest BCUT2D eigenvalue weighted by atomic mass is 16.5. The van der Waals surface area contributed by atoms with Gasteiger partial charge in [-0.15, -0.1) is 0 Å². The lowest BCUT2D eigenvalue weighted by Crippen LogP contribution is -2.22. The highest BCUT2D eigenvalue weighted by Gasteiger charge is 2.42. The van der Waals surface area contributed by atoms with E-state index in [1.165, 1.54) is 5.56 Å². The summed E-state index contributed by atoms with van der Waals surface area (Å²) in [5.41, 5.74) is 3.07. The highest BCUT2D eigenvalue weighted by molar-refractivity contribution is 6.01. The zero-order chi connectivity index (χ0) is 19.3. The number of ether oxygens (including phenoxy) is 1. The molecule has 2 heterocycles. The first-order chi connectivity index (χ1) is 12.8. The number of hydrogen-bond acceptors (Lipinski definition) is 5. The van der Waals surface area contributed by atoms with E-state index in [9.17, 15) is 15.3 Å². The van der Waals surface area contributed by atoms with Crippen LogP contribution in [0.25, 0.3) is 10.9 Å². The fourth-order valence-electron chi connectivity index (χ4n) is 3.85. The zero-order valence-corrected chi connectivity index (χ0v) is 15.5. The van der Waals surface area contributed by atoms with Crippen LogP contribution >= 0.6 is 0 Å². The van der Waals surface area contributed by atoms with Crippen LogP contribution in [0.5, 0.6) is 5.88 Å². The number of carbonyl (C=O) groups is 1. The number of pyridine rings is 1. The molecule has 1 aromatic carbocycles. The summed E-state index contributed by atoms with van der Waals surface area (Å²) < 4.78 is 5.93. The summed E-state index contributed by atoms with van der Waals surface area (Å²) in [6.07, 6.45) is 0.850. The molecule has 4 rings (SSSR count). The number of allylic oxidation sites excluding steroid dienone is 2. The van der Waals surface area contributed by atoms with E-state index in [2.05, 4.69) is 37.9 Å². The predicted molar refractivity (Wildman–Crippen MR) is 99.8 cm³/mol. The molecule has 134 valence electrons. The molecule has 5 nitrogen and oxygen atoms in total. The number of hydrogen-bond donors (Lipinski definition) is 0. The van der Waals surface area contributed by atoms with Gasteiger partial charge in [0.15, 0.2) is 5.78 Å². The summed E-state index contributed by atoms with van der Waals surface area (Å²) in [6.45, 7) is 6.42. The van der Waals surface area contributed by atoms with Crippen molar-refractivity contribution < 1.29 is 9.53 Å². The first kappa shape index (κ1) is 17.2. The van der Waals surface area contributed by atoms with Crippen molar-refractivity contribution in [2.75, 3.05) is 0 Å². The third-order valence-corrected chi connectivity index (χ3v) is 5.33. The molecule has 0 bridgehead atoms. The normalized spacial score (nSPS) is 18.7. The third kappa shape index (κ3) is 2.67. The van der Waals surface area contributed by atoms with Gasteiger partial charge in [0.2, 0.25) is 5.88 Å². The van der Waals surface area contributed by atoms with Gasteiger partial charge in [0.1, 0.15) is 11.7 Å². The highest BCUT2D eigenvalue weighted by Crippen LogP contribution is 2.47. The second-order valence-corrected chi connectivity index (χ2v) is 8.12. The number of nitriles is 2. The second-order valence-electron chi connectivity index (χ2n) is 8.12. The van der Waals surface area contributed by atoms with E-state index in [0.717, 1.165) is 10.9 Å². The molecule has 2 aromatic rings. The van der Waals surface area contributed by atoms with Crippen molar-refractivity contribution >= 4 is 16.7 Å². The zero-order valence-electron chi connectivity index (χ0n) is 15.5. The van der Waals surface area contributed by atoms with Crippen LogP contribution in [-0.4, -0.2) is 10.8 Å². The summed E-state index contributed by atoms with van der Waals surface area (Å²) in [5, 5.41) is 19.9. The molecule has 0 radical (unpaired) electrons. The fourth-order valence-corrected chi connectivity index (χ4v) is 3.85. The Morgan fingerprint density at radius 3 is 2.59 bits per heavy atom. The molecule has 1 aromatic heterocycles. The van der Waals surface area contributed by atoms with Crippen LogP contribution < -0.4 is 4.74 Å². The quantitative estimate of drug-likeness (QED) is 0.760. The molecular formula is C22H19N3O2. The maximum atomic E-state index is 12.4. The number of ketones is 1. The van der Waals surface area contributed by atoms with Crippen molar-refractivity contribution in [2.45, 2.75) is 44.9 Å². The van der Waals surface area contributed by atoms with E-state index in [0.29, 0.717) is 35.6 Å². The lowest BCUT2D eigenvalue weighted by molar-refractivity contribution is -0.115. The largest absolute Gasteiger partial charge is 0.443 e. The minimum atomic E-state index is -0.954. The smallest absolute Gasteiger partial charge is 0.223 e. The maximum Gasteiger partial charge on any atom is 0.223 e. The van der Waals surface area contributed by atoms with Crippen molar-refractivity contribution in [2.24, 2.45) is 5.92 Å². The standard InChI is InChI=1S/C22H19N3O2/c1-22(2,3)14-4-5-16-12(8-14)9-15-19(13(10-23)11-24)20-17(26)6-7-18(20)27-21(15)25-16/h4-5,8-9,13,19H,6-7H2,1-3H3. The van der Waals surface area contributed by atoms with E-state index in [1.54, 1.807) is 0 Å². The Balaban J connectivity index is 1.95. The summed E-state index contributed by atoms with van der Waals surface area (Å²) in [5.74, 6) is -0.639. The molecule has 5 heteroatoms. The van der Waals surface area contributed by atoms with Gasteiger partial charge in [-0.25, -0.2) is 4.98 Å². The molecule has 0 amide bonds. The van der Waals surface area contributed by atoms with Crippen LogP contribution in [0, 0.1) is 28.6 Å². The summed E-state index contributed by atoms with van der Waals surface area (Å²) in [4.78, 5) is 17.1. The van der Waals surface area contributed by atoms with Crippen molar-refractivity contribution in [1.82, 2.24) is 4.98 Å². The van der Waals surface area contributed by atoms with Crippen LogP contribution in [0.3, 0.4) is 0 Å². The molecule has 0 fully saturated rings. The molecule has 1 atom stereocenters. The Kier molecular flexibility index (Phi) is 3.78. The van der Waals surface area contributed by atoms with Crippen molar-refractivity contribution in [3.8, 4) is 18.0 Å². The topological polar surface area (TPSA) is 86.8 Å². The number of fused-ring (bicyclic) bond motifs is 2. The molecule has 0 N–H and O–H groups in total. The van der Waals surface area contributed by atoms with Gasteiger partial charge in [-0.2, -0.15) is 10.5 Å². The predicted octanol–water partition coefficient (Wildman–Crippen LogP) is 4.29. The molecule has 1 aliphatic carbocycles. The lowest BCUT2D eigenvalue weighted by Gasteiger charge is -2.27. The average Bonchev–Trinajstić information content (AvgIpc) is 2.99. The molecule has 1 unspecified atom stereocenters. The average molecular weight is 357 g/mol. The van der Waals surface area contributed by atoms with Gasteiger partial charge in [-0.3, -0.25) is 4.79 Å². The Hall–Kier alpha value is -3.18. The van der Waals surface area contributed by atoms with Crippen LogP contribution in [0.15, 0.2) is 35.6 Å². The van der Waals surface area contributed by atoms with Gasteiger partial charge in [-0.05, 0) is 29.2 Å². The molecule has 0 saturated heterocycles. The number of benzene rings is 1. The number of aromatic nitrogens is 1. The van der Waals surface area contributed by atoms with Crippen LogP contribution in [0.2, 0.25) is 0 Å².